The van der Waals surface area contributed by atoms with Gasteiger partial charge in [0, 0.05) is 17.6 Å². The van der Waals surface area contributed by atoms with Crippen LogP contribution in [0.5, 0.6) is 11.5 Å². The molecule has 0 heterocycles. The van der Waals surface area contributed by atoms with E-state index in [4.69, 9.17) is 9.47 Å². The molecule has 29 heavy (non-hydrogen) atoms. The summed E-state index contributed by atoms with van der Waals surface area (Å²) in [5.74, 6) is 0.979. The van der Waals surface area contributed by atoms with Crippen molar-refractivity contribution in [2.75, 3.05) is 19.5 Å². The molecule has 0 radical (unpaired) electrons. The molecule has 0 unspecified atom stereocenters. The van der Waals surface area contributed by atoms with Crippen molar-refractivity contribution in [3.63, 3.8) is 0 Å². The Kier molecular flexibility index (Phi) is 7.26. The smallest absolute Gasteiger partial charge is 0.241 e. The van der Waals surface area contributed by atoms with Gasteiger partial charge in [-0.05, 0) is 57.0 Å². The summed E-state index contributed by atoms with van der Waals surface area (Å²) in [6, 6.07) is 11.7. The number of ether oxygens (including phenoxy) is 2. The maximum atomic E-state index is 12.5. The number of methoxy groups -OCH3 is 2. The Morgan fingerprint density at radius 2 is 1.72 bits per heavy atom. The molecule has 0 aliphatic carbocycles. The van der Waals surface area contributed by atoms with Crippen molar-refractivity contribution in [1.29, 1.82) is 0 Å². The Balaban J connectivity index is 2.07. The molecule has 0 fully saturated rings. The van der Waals surface area contributed by atoms with Crippen LogP contribution in [0.25, 0.3) is 0 Å². The van der Waals surface area contributed by atoms with Crippen molar-refractivity contribution in [2.24, 2.45) is 0 Å². The van der Waals surface area contributed by atoms with Gasteiger partial charge < -0.3 is 14.8 Å². The molecular formula is C21H28N2O5S. The van der Waals surface area contributed by atoms with Gasteiger partial charge in [0.05, 0.1) is 19.1 Å². The molecule has 1 amide bonds. The van der Waals surface area contributed by atoms with Crippen LogP contribution in [0.2, 0.25) is 0 Å². The second-order valence-corrected chi connectivity index (χ2v) is 9.27. The summed E-state index contributed by atoms with van der Waals surface area (Å²) in [6.07, 6.45) is 0.663. The van der Waals surface area contributed by atoms with E-state index in [1.807, 2.05) is 12.1 Å². The minimum Gasteiger partial charge on any atom is -0.493 e. The first kappa shape index (κ1) is 22.7. The molecule has 0 aliphatic heterocycles. The van der Waals surface area contributed by atoms with Crippen LogP contribution in [0.15, 0.2) is 47.4 Å². The third kappa shape index (κ3) is 6.47. The van der Waals surface area contributed by atoms with Crippen LogP contribution in [-0.4, -0.2) is 34.1 Å². The molecule has 2 N–H and O–H groups in total. The van der Waals surface area contributed by atoms with E-state index in [9.17, 15) is 13.2 Å². The third-order valence-electron chi connectivity index (χ3n) is 3.97. The van der Waals surface area contributed by atoms with Gasteiger partial charge in [-0.2, -0.15) is 0 Å². The lowest BCUT2D eigenvalue weighted by atomic mass is 10.1. The molecule has 158 valence electrons. The summed E-state index contributed by atoms with van der Waals surface area (Å²) in [4.78, 5) is 12.5. The predicted molar refractivity (Wildman–Crippen MR) is 113 cm³/mol. The Morgan fingerprint density at radius 3 is 2.34 bits per heavy atom. The normalized spacial score (nSPS) is 11.8. The lowest BCUT2D eigenvalue weighted by Gasteiger charge is -2.20. The highest BCUT2D eigenvalue weighted by Crippen LogP contribution is 2.31. The highest BCUT2D eigenvalue weighted by molar-refractivity contribution is 7.89. The molecule has 7 nitrogen and oxygen atoms in total. The zero-order valence-electron chi connectivity index (χ0n) is 17.4. The number of benzene rings is 2. The van der Waals surface area contributed by atoms with Crippen LogP contribution in [0.1, 0.15) is 32.8 Å². The van der Waals surface area contributed by atoms with E-state index in [1.165, 1.54) is 12.1 Å². The number of rotatable bonds is 8. The topological polar surface area (TPSA) is 93.7 Å². The maximum absolute atomic E-state index is 12.5. The van der Waals surface area contributed by atoms with E-state index < -0.39 is 15.6 Å². The molecule has 0 saturated heterocycles. The van der Waals surface area contributed by atoms with Crippen molar-refractivity contribution >= 4 is 21.6 Å². The predicted octanol–water partition coefficient (Wildman–Crippen LogP) is 3.35. The SMILES string of the molecule is COc1cccc(CCC(=O)Nc2cccc(S(=O)(=O)NC(C)(C)C)c2)c1OC. The van der Waals surface area contributed by atoms with Crippen molar-refractivity contribution in [3.05, 3.63) is 48.0 Å². The summed E-state index contributed by atoms with van der Waals surface area (Å²) in [6.45, 7) is 5.30. The Labute approximate surface area is 172 Å². The molecule has 0 spiro atoms. The number of sulfonamides is 1. The molecule has 2 aromatic carbocycles. The van der Waals surface area contributed by atoms with Crippen LogP contribution in [-0.2, 0) is 21.2 Å². The van der Waals surface area contributed by atoms with Gasteiger partial charge in [0.1, 0.15) is 0 Å². The van der Waals surface area contributed by atoms with E-state index in [1.54, 1.807) is 53.2 Å². The number of carbonyl (C=O) groups excluding carboxylic acids is 1. The lowest BCUT2D eigenvalue weighted by Crippen LogP contribution is -2.40. The summed E-state index contributed by atoms with van der Waals surface area (Å²) < 4.78 is 38.2. The number of aryl methyl sites for hydroxylation is 1. The highest BCUT2D eigenvalue weighted by atomic mass is 32.2. The second-order valence-electron chi connectivity index (χ2n) is 7.58. The van der Waals surface area contributed by atoms with E-state index in [-0.39, 0.29) is 17.2 Å². The van der Waals surface area contributed by atoms with Crippen molar-refractivity contribution in [2.45, 2.75) is 44.0 Å². The van der Waals surface area contributed by atoms with Gasteiger partial charge >= 0.3 is 0 Å². The van der Waals surface area contributed by atoms with Crippen LogP contribution >= 0.6 is 0 Å². The van der Waals surface area contributed by atoms with E-state index in [2.05, 4.69) is 10.0 Å². The molecule has 2 rings (SSSR count). The minimum atomic E-state index is -3.68. The number of amides is 1. The van der Waals surface area contributed by atoms with Crippen molar-refractivity contribution in [3.8, 4) is 11.5 Å². The van der Waals surface area contributed by atoms with E-state index in [0.29, 0.717) is 23.6 Å². The summed E-state index contributed by atoms with van der Waals surface area (Å²) in [5, 5.41) is 2.75. The average molecular weight is 421 g/mol. The first-order chi connectivity index (χ1) is 13.6. The third-order valence-corrected chi connectivity index (χ3v) is 5.73. The fourth-order valence-electron chi connectivity index (χ4n) is 2.83. The van der Waals surface area contributed by atoms with Gasteiger partial charge in [0.25, 0.3) is 0 Å². The monoisotopic (exact) mass is 420 g/mol. The summed E-state index contributed by atoms with van der Waals surface area (Å²) >= 11 is 0. The first-order valence-corrected chi connectivity index (χ1v) is 10.7. The minimum absolute atomic E-state index is 0.0969. The van der Waals surface area contributed by atoms with Gasteiger partial charge in [-0.1, -0.05) is 18.2 Å². The van der Waals surface area contributed by atoms with E-state index >= 15 is 0 Å². The Morgan fingerprint density at radius 1 is 1.03 bits per heavy atom. The molecule has 0 aromatic heterocycles. The zero-order chi connectivity index (χ0) is 21.7. The molecule has 0 saturated carbocycles. The molecule has 0 aliphatic rings. The zero-order valence-corrected chi connectivity index (χ0v) is 18.2. The quantitative estimate of drug-likeness (QED) is 0.683. The van der Waals surface area contributed by atoms with Gasteiger partial charge in [-0.25, -0.2) is 13.1 Å². The molecule has 0 bridgehead atoms. The second kappa shape index (κ2) is 9.28. The number of hydrogen-bond acceptors (Lipinski definition) is 5. The van der Waals surface area contributed by atoms with Crippen LogP contribution in [0, 0.1) is 0 Å². The number of nitrogens with one attached hydrogen (secondary N) is 2. The highest BCUT2D eigenvalue weighted by Gasteiger charge is 2.22. The average Bonchev–Trinajstić information content (AvgIpc) is 2.64. The maximum Gasteiger partial charge on any atom is 0.241 e. The van der Waals surface area contributed by atoms with Crippen LogP contribution in [0.4, 0.5) is 5.69 Å². The lowest BCUT2D eigenvalue weighted by molar-refractivity contribution is -0.116. The van der Waals surface area contributed by atoms with E-state index in [0.717, 1.165) is 5.56 Å². The van der Waals surface area contributed by atoms with Gasteiger partial charge in [0.15, 0.2) is 11.5 Å². The Hall–Kier alpha value is -2.58. The molecular weight excluding hydrogens is 392 g/mol. The molecule has 0 atom stereocenters. The van der Waals surface area contributed by atoms with Gasteiger partial charge in [0.2, 0.25) is 15.9 Å². The summed E-state index contributed by atoms with van der Waals surface area (Å²) in [5.41, 5.74) is 0.672. The van der Waals surface area contributed by atoms with Gasteiger partial charge in [-0.3, -0.25) is 4.79 Å². The van der Waals surface area contributed by atoms with Crippen LogP contribution in [0.3, 0.4) is 0 Å². The number of para-hydroxylation sites is 1. The van der Waals surface area contributed by atoms with Crippen molar-refractivity contribution < 1.29 is 22.7 Å². The molecule has 2 aromatic rings. The Bertz CT molecular complexity index is 965. The number of hydrogen-bond donors (Lipinski definition) is 2. The largest absolute Gasteiger partial charge is 0.493 e. The fraction of sp³-hybridized carbons (Fsp3) is 0.381. The van der Waals surface area contributed by atoms with Gasteiger partial charge in [-0.15, -0.1) is 0 Å². The number of carbonyl (C=O) groups is 1. The standard InChI is InChI=1S/C21H28N2O5S/c1-21(2,3)23-29(25,26)17-10-7-9-16(14-17)22-19(24)13-12-15-8-6-11-18(27-4)20(15)28-5/h6-11,14,23H,12-13H2,1-5H3,(H,22,24). The first-order valence-electron chi connectivity index (χ1n) is 9.19. The van der Waals surface area contributed by atoms with Crippen molar-refractivity contribution in [1.82, 2.24) is 4.72 Å². The molecule has 8 heteroatoms. The summed E-state index contributed by atoms with van der Waals surface area (Å²) in [7, 11) is -0.566. The fourth-order valence-corrected chi connectivity index (χ4v) is 4.29. The van der Waals surface area contributed by atoms with Crippen LogP contribution < -0.4 is 19.5 Å². The number of anilines is 1.